The molecular weight excluding hydrogens is 292 g/mol. The smallest absolute Gasteiger partial charge is 0.303 e. The van der Waals surface area contributed by atoms with E-state index in [1.54, 1.807) is 0 Å². The highest BCUT2D eigenvalue weighted by atomic mass is 32.1. The molecule has 1 aliphatic heterocycles. The van der Waals surface area contributed by atoms with Gasteiger partial charge in [-0.25, -0.2) is 4.98 Å². The summed E-state index contributed by atoms with van der Waals surface area (Å²) in [5.41, 5.74) is 0.928. The lowest BCUT2D eigenvalue weighted by Gasteiger charge is -2.11. The molecule has 0 spiro atoms. The van der Waals surface area contributed by atoms with Crippen molar-refractivity contribution in [3.8, 4) is 0 Å². The number of hydrogen-bond donors (Lipinski definition) is 2. The molecule has 3 rings (SSSR count). The van der Waals surface area contributed by atoms with Crippen LogP contribution in [0, 0.1) is 5.92 Å². The number of carboxylic acid groups (broad SMARTS) is 1. The van der Waals surface area contributed by atoms with Gasteiger partial charge in [0.05, 0.1) is 18.6 Å². The number of carbonyl (C=O) groups is 1. The molecule has 0 radical (unpaired) electrons. The lowest BCUT2D eigenvalue weighted by molar-refractivity contribution is -0.137. The molecule has 0 saturated carbocycles. The number of aliphatic carboxylic acids is 1. The highest BCUT2D eigenvalue weighted by Crippen LogP contribution is 2.31. The van der Waals surface area contributed by atoms with Crippen LogP contribution in [0.1, 0.15) is 29.6 Å². The number of nitrogens with one attached hydrogen (secondary N) is 1. The van der Waals surface area contributed by atoms with Crippen molar-refractivity contribution in [2.45, 2.75) is 32.8 Å². The molecule has 0 bridgehead atoms. The number of hydrogen-bond acceptors (Lipinski definition) is 5. The highest BCUT2D eigenvalue weighted by molar-refractivity contribution is 7.18. The Morgan fingerprint density at radius 3 is 3.14 bits per heavy atom. The summed E-state index contributed by atoms with van der Waals surface area (Å²) in [6, 6.07) is 0. The highest BCUT2D eigenvalue weighted by Gasteiger charge is 2.20. The van der Waals surface area contributed by atoms with E-state index in [-0.39, 0.29) is 17.9 Å². The van der Waals surface area contributed by atoms with Crippen molar-refractivity contribution in [1.82, 2.24) is 9.97 Å². The number of aromatic amines is 1. The molecule has 0 aliphatic carbocycles. The third-order valence-electron chi connectivity index (χ3n) is 3.59. The van der Waals surface area contributed by atoms with Crippen LogP contribution in [-0.2, 0) is 29.0 Å². The second-order valence-corrected chi connectivity index (χ2v) is 6.49. The second-order valence-electron chi connectivity index (χ2n) is 5.41. The zero-order chi connectivity index (χ0) is 15.0. The fourth-order valence-corrected chi connectivity index (χ4v) is 3.85. The Morgan fingerprint density at radius 1 is 1.57 bits per heavy atom. The largest absolute Gasteiger partial charge is 0.481 e. The van der Waals surface area contributed by atoms with Gasteiger partial charge in [0, 0.05) is 17.7 Å². The summed E-state index contributed by atoms with van der Waals surface area (Å²) in [6.07, 6.45) is 1.27. The Morgan fingerprint density at radius 2 is 2.38 bits per heavy atom. The van der Waals surface area contributed by atoms with Gasteiger partial charge in [0.2, 0.25) is 0 Å². The molecular formula is C14H16N2O4S. The van der Waals surface area contributed by atoms with E-state index in [1.165, 1.54) is 11.3 Å². The second kappa shape index (κ2) is 5.57. The van der Waals surface area contributed by atoms with E-state index in [9.17, 15) is 9.59 Å². The van der Waals surface area contributed by atoms with Crippen LogP contribution in [0.25, 0.3) is 10.2 Å². The number of aromatic nitrogens is 2. The quantitative estimate of drug-likeness (QED) is 0.897. The first-order valence-electron chi connectivity index (χ1n) is 6.87. The van der Waals surface area contributed by atoms with Crippen molar-refractivity contribution in [2.75, 3.05) is 6.61 Å². The van der Waals surface area contributed by atoms with Crippen molar-refractivity contribution in [3.63, 3.8) is 0 Å². The van der Waals surface area contributed by atoms with Crippen molar-refractivity contribution in [2.24, 2.45) is 5.92 Å². The maximum Gasteiger partial charge on any atom is 0.303 e. The van der Waals surface area contributed by atoms with Crippen LogP contribution in [0.4, 0.5) is 0 Å². The molecule has 2 aromatic rings. The van der Waals surface area contributed by atoms with Crippen LogP contribution in [-0.4, -0.2) is 27.7 Å². The Hall–Kier alpha value is -1.73. The molecule has 112 valence electrons. The van der Waals surface area contributed by atoms with E-state index in [0.717, 1.165) is 21.7 Å². The molecule has 0 saturated heterocycles. The van der Waals surface area contributed by atoms with Gasteiger partial charge in [-0.3, -0.25) is 9.59 Å². The minimum atomic E-state index is -0.838. The number of ether oxygens (including phenoxy) is 1. The average Bonchev–Trinajstić information content (AvgIpc) is 2.75. The van der Waals surface area contributed by atoms with Crippen molar-refractivity contribution < 1.29 is 14.6 Å². The predicted molar refractivity (Wildman–Crippen MR) is 78.7 cm³/mol. The zero-order valence-corrected chi connectivity index (χ0v) is 12.5. The van der Waals surface area contributed by atoms with Crippen LogP contribution >= 0.6 is 11.3 Å². The zero-order valence-electron chi connectivity index (χ0n) is 11.6. The Bertz CT molecular complexity index is 749. The molecule has 2 N–H and O–H groups in total. The van der Waals surface area contributed by atoms with Gasteiger partial charge in [0.1, 0.15) is 10.7 Å². The van der Waals surface area contributed by atoms with Gasteiger partial charge < -0.3 is 14.8 Å². The monoisotopic (exact) mass is 308 g/mol. The molecule has 2 aromatic heterocycles. The van der Waals surface area contributed by atoms with E-state index >= 15 is 0 Å². The summed E-state index contributed by atoms with van der Waals surface area (Å²) in [5.74, 6) is -0.351. The molecule has 0 fully saturated rings. The number of rotatable bonds is 4. The van der Waals surface area contributed by atoms with E-state index in [2.05, 4.69) is 9.97 Å². The van der Waals surface area contributed by atoms with Gasteiger partial charge in [-0.05, 0) is 17.9 Å². The van der Waals surface area contributed by atoms with Crippen LogP contribution in [0.3, 0.4) is 0 Å². The fourth-order valence-electron chi connectivity index (χ4n) is 2.67. The lowest BCUT2D eigenvalue weighted by atomic mass is 10.0. The Kier molecular flexibility index (Phi) is 3.77. The lowest BCUT2D eigenvalue weighted by Crippen LogP contribution is -2.16. The van der Waals surface area contributed by atoms with Crippen LogP contribution in [0.15, 0.2) is 4.79 Å². The van der Waals surface area contributed by atoms with Gasteiger partial charge in [-0.15, -0.1) is 11.3 Å². The molecule has 1 unspecified atom stereocenters. The summed E-state index contributed by atoms with van der Waals surface area (Å²) < 4.78 is 5.41. The van der Waals surface area contributed by atoms with E-state index in [0.29, 0.717) is 30.8 Å². The molecule has 1 aliphatic rings. The van der Waals surface area contributed by atoms with Gasteiger partial charge in [0.25, 0.3) is 5.56 Å². The van der Waals surface area contributed by atoms with E-state index < -0.39 is 5.97 Å². The molecule has 21 heavy (non-hydrogen) atoms. The summed E-state index contributed by atoms with van der Waals surface area (Å²) >= 11 is 1.50. The summed E-state index contributed by atoms with van der Waals surface area (Å²) in [7, 11) is 0. The SMILES string of the molecule is CC(CC(=O)O)Cc1nc2sc3c(c2c(=O)[nH]1)CCOC3. The normalized spacial score (nSPS) is 15.9. The van der Waals surface area contributed by atoms with Gasteiger partial charge >= 0.3 is 5.97 Å². The third-order valence-corrected chi connectivity index (χ3v) is 4.69. The standard InChI is InChI=1S/C14H16N2O4S/c1-7(5-11(17)18)4-10-15-13(19)12-8-2-3-20-6-9(8)21-14(12)16-10/h7H,2-6H2,1H3,(H,17,18)(H,15,16,19). The first kappa shape index (κ1) is 14.2. The Balaban J connectivity index is 1.96. The van der Waals surface area contributed by atoms with Crippen LogP contribution in [0.5, 0.6) is 0 Å². The molecule has 1 atom stereocenters. The number of H-pyrrole nitrogens is 1. The predicted octanol–water partition coefficient (Wildman–Crippen LogP) is 1.71. The molecule has 0 aromatic carbocycles. The Labute approximate surface area is 124 Å². The van der Waals surface area contributed by atoms with E-state index in [4.69, 9.17) is 9.84 Å². The van der Waals surface area contributed by atoms with Gasteiger partial charge in [-0.1, -0.05) is 6.92 Å². The minimum absolute atomic E-state index is 0.0660. The number of thiophene rings is 1. The first-order chi connectivity index (χ1) is 10.0. The molecule has 0 amide bonds. The van der Waals surface area contributed by atoms with Crippen LogP contribution in [0.2, 0.25) is 0 Å². The van der Waals surface area contributed by atoms with E-state index in [1.807, 2.05) is 6.92 Å². The maximum atomic E-state index is 12.3. The average molecular weight is 308 g/mol. The van der Waals surface area contributed by atoms with Crippen LogP contribution < -0.4 is 5.56 Å². The summed E-state index contributed by atoms with van der Waals surface area (Å²) in [6.45, 7) is 3.02. The number of nitrogens with zero attached hydrogens (tertiary/aromatic N) is 1. The number of fused-ring (bicyclic) bond motifs is 3. The van der Waals surface area contributed by atoms with Crippen molar-refractivity contribution in [3.05, 3.63) is 26.6 Å². The van der Waals surface area contributed by atoms with Crippen molar-refractivity contribution >= 4 is 27.5 Å². The summed E-state index contributed by atoms with van der Waals surface area (Å²) in [5, 5.41) is 9.47. The van der Waals surface area contributed by atoms with Gasteiger partial charge in [0.15, 0.2) is 0 Å². The minimum Gasteiger partial charge on any atom is -0.481 e. The topological polar surface area (TPSA) is 92.3 Å². The maximum absolute atomic E-state index is 12.3. The fraction of sp³-hybridized carbons (Fsp3) is 0.500. The van der Waals surface area contributed by atoms with Crippen molar-refractivity contribution in [1.29, 1.82) is 0 Å². The molecule has 7 heteroatoms. The van der Waals surface area contributed by atoms with Gasteiger partial charge in [-0.2, -0.15) is 0 Å². The number of carboxylic acids is 1. The molecule has 6 nitrogen and oxygen atoms in total. The first-order valence-corrected chi connectivity index (χ1v) is 7.69. The summed E-state index contributed by atoms with van der Waals surface area (Å²) in [4.78, 5) is 32.1. The molecule has 3 heterocycles. The third kappa shape index (κ3) is 2.84.